The molecule has 0 heterocycles. The summed E-state index contributed by atoms with van der Waals surface area (Å²) in [5.41, 5.74) is -0.410. The molecule has 0 bridgehead atoms. The molecule has 1 fully saturated rings. The quantitative estimate of drug-likeness (QED) is 0.724. The van der Waals surface area contributed by atoms with Crippen molar-refractivity contribution in [3.8, 4) is 0 Å². The van der Waals surface area contributed by atoms with Crippen LogP contribution in [0.15, 0.2) is 29.2 Å². The third kappa shape index (κ3) is 4.26. The van der Waals surface area contributed by atoms with Crippen molar-refractivity contribution in [2.24, 2.45) is 0 Å². The standard InChI is InChI=1S/C14H19NO5S/c16-13(17)9-11-3-5-12(6-4-11)21(19,20)15-10-14(18)7-1-2-8-14/h3-6,15,18H,1-2,7-10H2,(H,16,17). The van der Waals surface area contributed by atoms with Crippen LogP contribution >= 0.6 is 0 Å². The molecule has 1 saturated carbocycles. The number of hydrogen-bond donors (Lipinski definition) is 3. The molecule has 0 amide bonds. The van der Waals surface area contributed by atoms with Gasteiger partial charge in [0, 0.05) is 6.54 Å². The summed E-state index contributed by atoms with van der Waals surface area (Å²) in [6.45, 7) is 0.00616. The molecule has 0 saturated heterocycles. The lowest BCUT2D eigenvalue weighted by Crippen LogP contribution is -2.40. The van der Waals surface area contributed by atoms with Crippen LogP contribution in [0.25, 0.3) is 0 Å². The van der Waals surface area contributed by atoms with E-state index in [0.717, 1.165) is 12.8 Å². The Labute approximate surface area is 123 Å². The minimum atomic E-state index is -3.69. The number of hydrogen-bond acceptors (Lipinski definition) is 4. The largest absolute Gasteiger partial charge is 0.481 e. The molecule has 0 atom stereocenters. The lowest BCUT2D eigenvalue weighted by molar-refractivity contribution is -0.136. The first kappa shape index (κ1) is 15.9. The van der Waals surface area contributed by atoms with Gasteiger partial charge in [0.1, 0.15) is 0 Å². The Morgan fingerprint density at radius 3 is 2.29 bits per heavy atom. The van der Waals surface area contributed by atoms with Crippen molar-refractivity contribution in [2.45, 2.75) is 42.6 Å². The lowest BCUT2D eigenvalue weighted by Gasteiger charge is -2.22. The topological polar surface area (TPSA) is 104 Å². The predicted molar refractivity (Wildman–Crippen MR) is 76.4 cm³/mol. The van der Waals surface area contributed by atoms with E-state index >= 15 is 0 Å². The van der Waals surface area contributed by atoms with Gasteiger partial charge in [-0.1, -0.05) is 25.0 Å². The Hall–Kier alpha value is -1.44. The van der Waals surface area contributed by atoms with E-state index in [0.29, 0.717) is 18.4 Å². The molecule has 116 valence electrons. The SMILES string of the molecule is O=C(O)Cc1ccc(S(=O)(=O)NCC2(O)CCCC2)cc1. The molecule has 0 aromatic heterocycles. The summed E-state index contributed by atoms with van der Waals surface area (Å²) in [6, 6.07) is 5.71. The second kappa shape index (κ2) is 6.13. The van der Waals surface area contributed by atoms with Crippen LogP contribution in [0.2, 0.25) is 0 Å². The van der Waals surface area contributed by atoms with Crippen LogP contribution in [-0.2, 0) is 21.2 Å². The van der Waals surface area contributed by atoms with Crippen molar-refractivity contribution < 1.29 is 23.4 Å². The van der Waals surface area contributed by atoms with E-state index in [4.69, 9.17) is 5.11 Å². The zero-order valence-corrected chi connectivity index (χ0v) is 12.4. The van der Waals surface area contributed by atoms with Gasteiger partial charge in [0.2, 0.25) is 10.0 Å². The van der Waals surface area contributed by atoms with E-state index in [-0.39, 0.29) is 17.9 Å². The number of aliphatic carboxylic acids is 1. The Balaban J connectivity index is 2.03. The van der Waals surface area contributed by atoms with E-state index in [1.54, 1.807) is 0 Å². The monoisotopic (exact) mass is 313 g/mol. The van der Waals surface area contributed by atoms with Gasteiger partial charge in [-0.25, -0.2) is 13.1 Å². The van der Waals surface area contributed by atoms with Gasteiger partial charge in [0.15, 0.2) is 0 Å². The lowest BCUT2D eigenvalue weighted by atomic mass is 10.0. The predicted octanol–water partition coefficient (Wildman–Crippen LogP) is 0.897. The molecule has 0 unspecified atom stereocenters. The zero-order valence-electron chi connectivity index (χ0n) is 11.6. The highest BCUT2D eigenvalue weighted by Gasteiger charge is 2.32. The summed E-state index contributed by atoms with van der Waals surface area (Å²) in [4.78, 5) is 10.6. The molecule has 0 radical (unpaired) electrons. The van der Waals surface area contributed by atoms with Gasteiger partial charge in [-0.2, -0.15) is 0 Å². The van der Waals surface area contributed by atoms with Crippen molar-refractivity contribution in [3.63, 3.8) is 0 Å². The zero-order chi connectivity index (χ0) is 15.5. The first-order valence-corrected chi connectivity index (χ1v) is 8.32. The second-order valence-corrected chi connectivity index (χ2v) is 7.24. The molecular formula is C14H19NO5S. The third-order valence-corrected chi connectivity index (χ3v) is 5.13. The highest BCUT2D eigenvalue weighted by Crippen LogP contribution is 2.29. The summed E-state index contributed by atoms with van der Waals surface area (Å²) >= 11 is 0. The van der Waals surface area contributed by atoms with E-state index in [1.165, 1.54) is 24.3 Å². The summed E-state index contributed by atoms with van der Waals surface area (Å²) < 4.78 is 26.7. The van der Waals surface area contributed by atoms with E-state index in [1.807, 2.05) is 0 Å². The Morgan fingerprint density at radius 2 is 1.76 bits per heavy atom. The van der Waals surface area contributed by atoms with E-state index in [9.17, 15) is 18.3 Å². The van der Waals surface area contributed by atoms with Gasteiger partial charge in [0.05, 0.1) is 16.9 Å². The molecule has 0 aliphatic heterocycles. The van der Waals surface area contributed by atoms with Gasteiger partial charge in [0.25, 0.3) is 0 Å². The number of nitrogens with one attached hydrogen (secondary N) is 1. The van der Waals surface area contributed by atoms with Crippen LogP contribution in [0.5, 0.6) is 0 Å². The van der Waals surface area contributed by atoms with Gasteiger partial charge < -0.3 is 10.2 Å². The molecule has 21 heavy (non-hydrogen) atoms. The van der Waals surface area contributed by atoms with Gasteiger partial charge in [-0.05, 0) is 30.5 Å². The number of aliphatic hydroxyl groups is 1. The molecular weight excluding hydrogens is 294 g/mol. The first-order chi connectivity index (χ1) is 9.81. The maximum Gasteiger partial charge on any atom is 0.307 e. The van der Waals surface area contributed by atoms with Crippen molar-refractivity contribution in [1.82, 2.24) is 4.72 Å². The number of benzene rings is 1. The fourth-order valence-corrected chi connectivity index (χ4v) is 3.60. The second-order valence-electron chi connectivity index (χ2n) is 5.47. The third-order valence-electron chi connectivity index (χ3n) is 3.71. The van der Waals surface area contributed by atoms with Crippen molar-refractivity contribution in [3.05, 3.63) is 29.8 Å². The highest BCUT2D eigenvalue weighted by molar-refractivity contribution is 7.89. The summed E-state index contributed by atoms with van der Waals surface area (Å²) in [5, 5.41) is 18.8. The van der Waals surface area contributed by atoms with Gasteiger partial charge >= 0.3 is 5.97 Å². The van der Waals surface area contributed by atoms with Crippen LogP contribution in [0.4, 0.5) is 0 Å². The smallest absolute Gasteiger partial charge is 0.307 e. The Kier molecular flexibility index (Phi) is 4.65. The van der Waals surface area contributed by atoms with Crippen LogP contribution in [0, 0.1) is 0 Å². The summed E-state index contributed by atoms with van der Waals surface area (Å²) in [7, 11) is -3.69. The Morgan fingerprint density at radius 1 is 1.19 bits per heavy atom. The molecule has 3 N–H and O–H groups in total. The fraction of sp³-hybridized carbons (Fsp3) is 0.500. The normalized spacial score (nSPS) is 17.8. The van der Waals surface area contributed by atoms with Crippen LogP contribution in [-0.4, -0.2) is 36.7 Å². The van der Waals surface area contributed by atoms with Crippen LogP contribution in [0.1, 0.15) is 31.2 Å². The van der Waals surface area contributed by atoms with Crippen LogP contribution in [0.3, 0.4) is 0 Å². The molecule has 1 aromatic rings. The number of carboxylic acid groups (broad SMARTS) is 1. The molecule has 1 aromatic carbocycles. The molecule has 1 aliphatic rings. The number of sulfonamides is 1. The molecule has 7 heteroatoms. The fourth-order valence-electron chi connectivity index (χ4n) is 2.48. The first-order valence-electron chi connectivity index (χ1n) is 6.84. The van der Waals surface area contributed by atoms with E-state index in [2.05, 4.69) is 4.72 Å². The highest BCUT2D eigenvalue weighted by atomic mass is 32.2. The van der Waals surface area contributed by atoms with E-state index < -0.39 is 21.6 Å². The maximum atomic E-state index is 12.1. The number of carbonyl (C=O) groups is 1. The number of carboxylic acids is 1. The van der Waals surface area contributed by atoms with Crippen molar-refractivity contribution in [2.75, 3.05) is 6.54 Å². The summed E-state index contributed by atoms with van der Waals surface area (Å²) in [6.07, 6.45) is 2.87. The van der Waals surface area contributed by atoms with Crippen LogP contribution < -0.4 is 4.72 Å². The average molecular weight is 313 g/mol. The van der Waals surface area contributed by atoms with Crippen molar-refractivity contribution in [1.29, 1.82) is 0 Å². The molecule has 2 rings (SSSR count). The maximum absolute atomic E-state index is 12.1. The van der Waals surface area contributed by atoms with Gasteiger partial charge in [-0.3, -0.25) is 4.79 Å². The molecule has 0 spiro atoms. The van der Waals surface area contributed by atoms with Gasteiger partial charge in [-0.15, -0.1) is 0 Å². The van der Waals surface area contributed by atoms with Crippen molar-refractivity contribution >= 4 is 16.0 Å². The molecule has 6 nitrogen and oxygen atoms in total. The number of rotatable bonds is 6. The minimum Gasteiger partial charge on any atom is -0.481 e. The molecule has 1 aliphatic carbocycles. The average Bonchev–Trinajstić information content (AvgIpc) is 2.84. The minimum absolute atomic E-state index is 0.00616. The Bertz CT molecular complexity index is 603. The summed E-state index contributed by atoms with van der Waals surface area (Å²) in [5.74, 6) is -0.966.